The number of nitrogens with zero attached hydrogens (tertiary/aromatic N) is 1. The quantitative estimate of drug-likeness (QED) is 0.752. The molecule has 0 radical (unpaired) electrons. The van der Waals surface area contributed by atoms with Gasteiger partial charge in [0.2, 0.25) is 5.91 Å². The zero-order chi connectivity index (χ0) is 14.5. The lowest BCUT2D eigenvalue weighted by Gasteiger charge is -2.27. The van der Waals surface area contributed by atoms with Gasteiger partial charge in [-0.2, -0.15) is 0 Å². The molecule has 1 amide bonds. The Morgan fingerprint density at radius 3 is 2.85 bits per heavy atom. The van der Waals surface area contributed by atoms with E-state index in [2.05, 4.69) is 17.1 Å². The monoisotopic (exact) mass is 275 g/mol. The number of hydrogen-bond acceptors (Lipinski definition) is 3. The molecule has 0 spiro atoms. The molecule has 0 saturated heterocycles. The molecule has 2 rings (SSSR count). The van der Waals surface area contributed by atoms with Crippen molar-refractivity contribution in [3.63, 3.8) is 0 Å². The maximum atomic E-state index is 12.3. The number of anilines is 2. The molecule has 1 saturated carbocycles. The standard InChI is InChI=1S/C16H25N3O/c1-3-9-19(11-13-7-8-13)12(2)16(20)18-15-6-4-5-14(17)10-15/h4-6,10,12-13H,3,7-9,11,17H2,1-2H3,(H,18,20). The van der Waals surface area contributed by atoms with Crippen LogP contribution in [0.15, 0.2) is 24.3 Å². The molecule has 1 aromatic rings. The molecule has 0 aliphatic heterocycles. The molecule has 1 atom stereocenters. The normalized spacial score (nSPS) is 16.1. The van der Waals surface area contributed by atoms with Crippen LogP contribution in [-0.4, -0.2) is 29.9 Å². The Morgan fingerprint density at radius 1 is 1.50 bits per heavy atom. The number of nitrogens with one attached hydrogen (secondary N) is 1. The summed E-state index contributed by atoms with van der Waals surface area (Å²) in [6.45, 7) is 6.16. The lowest BCUT2D eigenvalue weighted by Crippen LogP contribution is -2.43. The Balaban J connectivity index is 1.94. The van der Waals surface area contributed by atoms with Crippen molar-refractivity contribution in [2.75, 3.05) is 24.1 Å². The minimum Gasteiger partial charge on any atom is -0.399 e. The predicted molar refractivity (Wildman–Crippen MR) is 83.5 cm³/mol. The molecule has 1 aromatic carbocycles. The van der Waals surface area contributed by atoms with E-state index in [9.17, 15) is 4.79 Å². The fourth-order valence-electron chi connectivity index (χ4n) is 2.39. The Morgan fingerprint density at radius 2 is 2.25 bits per heavy atom. The third kappa shape index (κ3) is 4.23. The molecule has 1 fully saturated rings. The SMILES string of the molecule is CCCN(CC1CC1)C(C)C(=O)Nc1cccc(N)c1. The van der Waals surface area contributed by atoms with Gasteiger partial charge in [-0.05, 0) is 56.8 Å². The maximum Gasteiger partial charge on any atom is 0.241 e. The Bertz CT molecular complexity index is 457. The number of carbonyl (C=O) groups is 1. The number of benzene rings is 1. The predicted octanol–water partition coefficient (Wildman–Crippen LogP) is 2.72. The van der Waals surface area contributed by atoms with Crippen molar-refractivity contribution in [3.8, 4) is 0 Å². The van der Waals surface area contributed by atoms with Gasteiger partial charge in [-0.25, -0.2) is 0 Å². The van der Waals surface area contributed by atoms with Gasteiger partial charge in [0.25, 0.3) is 0 Å². The van der Waals surface area contributed by atoms with Crippen molar-refractivity contribution in [3.05, 3.63) is 24.3 Å². The second kappa shape index (κ2) is 6.75. The fourth-order valence-corrected chi connectivity index (χ4v) is 2.39. The second-order valence-electron chi connectivity index (χ2n) is 5.73. The summed E-state index contributed by atoms with van der Waals surface area (Å²) in [5.74, 6) is 0.842. The average molecular weight is 275 g/mol. The van der Waals surface area contributed by atoms with Crippen LogP contribution in [0.1, 0.15) is 33.1 Å². The van der Waals surface area contributed by atoms with E-state index in [0.29, 0.717) is 5.69 Å². The second-order valence-corrected chi connectivity index (χ2v) is 5.73. The van der Waals surface area contributed by atoms with Crippen LogP contribution in [-0.2, 0) is 4.79 Å². The van der Waals surface area contributed by atoms with E-state index in [1.54, 1.807) is 6.07 Å². The molecule has 4 heteroatoms. The van der Waals surface area contributed by atoms with E-state index in [1.165, 1.54) is 12.8 Å². The molecule has 3 N–H and O–H groups in total. The van der Waals surface area contributed by atoms with Crippen LogP contribution in [0.4, 0.5) is 11.4 Å². The first-order valence-corrected chi connectivity index (χ1v) is 7.50. The summed E-state index contributed by atoms with van der Waals surface area (Å²) in [5.41, 5.74) is 7.16. The van der Waals surface area contributed by atoms with Crippen molar-refractivity contribution in [1.82, 2.24) is 4.90 Å². The number of rotatable bonds is 7. The highest BCUT2D eigenvalue weighted by Gasteiger charge is 2.28. The Labute approximate surface area is 121 Å². The lowest BCUT2D eigenvalue weighted by atomic mass is 10.2. The Kier molecular flexibility index (Phi) is 5.01. The molecule has 20 heavy (non-hydrogen) atoms. The first-order valence-electron chi connectivity index (χ1n) is 7.50. The number of amides is 1. The summed E-state index contributed by atoms with van der Waals surface area (Å²) in [6, 6.07) is 7.22. The van der Waals surface area contributed by atoms with Crippen LogP contribution >= 0.6 is 0 Å². The van der Waals surface area contributed by atoms with Crippen LogP contribution in [0.3, 0.4) is 0 Å². The van der Waals surface area contributed by atoms with Gasteiger partial charge < -0.3 is 11.1 Å². The molecular weight excluding hydrogens is 250 g/mol. The first kappa shape index (κ1) is 14.9. The third-order valence-corrected chi connectivity index (χ3v) is 3.78. The third-order valence-electron chi connectivity index (χ3n) is 3.78. The summed E-state index contributed by atoms with van der Waals surface area (Å²) in [5, 5.41) is 2.95. The highest BCUT2D eigenvalue weighted by atomic mass is 16.2. The van der Waals surface area contributed by atoms with Gasteiger partial charge in [-0.15, -0.1) is 0 Å². The Hall–Kier alpha value is -1.55. The molecule has 0 aromatic heterocycles. The van der Waals surface area contributed by atoms with Crippen molar-refractivity contribution in [1.29, 1.82) is 0 Å². The smallest absolute Gasteiger partial charge is 0.241 e. The molecule has 1 aliphatic carbocycles. The van der Waals surface area contributed by atoms with Crippen molar-refractivity contribution in [2.45, 2.75) is 39.2 Å². The summed E-state index contributed by atoms with van der Waals surface area (Å²) in [4.78, 5) is 14.6. The average Bonchev–Trinajstić information content (AvgIpc) is 3.21. The van der Waals surface area contributed by atoms with E-state index in [-0.39, 0.29) is 11.9 Å². The fraction of sp³-hybridized carbons (Fsp3) is 0.562. The highest BCUT2D eigenvalue weighted by Crippen LogP contribution is 2.30. The molecule has 0 heterocycles. The van der Waals surface area contributed by atoms with Crippen molar-refractivity contribution in [2.24, 2.45) is 5.92 Å². The lowest BCUT2D eigenvalue weighted by molar-refractivity contribution is -0.120. The first-order chi connectivity index (χ1) is 9.60. The molecule has 1 unspecified atom stereocenters. The van der Waals surface area contributed by atoms with Gasteiger partial charge in [-0.1, -0.05) is 13.0 Å². The van der Waals surface area contributed by atoms with E-state index in [1.807, 2.05) is 25.1 Å². The van der Waals surface area contributed by atoms with Gasteiger partial charge in [0.05, 0.1) is 6.04 Å². The minimum atomic E-state index is -0.100. The van der Waals surface area contributed by atoms with Crippen LogP contribution in [0, 0.1) is 5.92 Å². The molecule has 110 valence electrons. The minimum absolute atomic E-state index is 0.0460. The van der Waals surface area contributed by atoms with Gasteiger partial charge in [0.1, 0.15) is 0 Å². The zero-order valence-corrected chi connectivity index (χ0v) is 12.4. The number of carbonyl (C=O) groups excluding carboxylic acids is 1. The van der Waals surface area contributed by atoms with Gasteiger partial charge in [-0.3, -0.25) is 9.69 Å². The largest absolute Gasteiger partial charge is 0.399 e. The molecular formula is C16H25N3O. The summed E-state index contributed by atoms with van der Waals surface area (Å²) >= 11 is 0. The summed E-state index contributed by atoms with van der Waals surface area (Å²) < 4.78 is 0. The molecule has 4 nitrogen and oxygen atoms in total. The van der Waals surface area contributed by atoms with Crippen molar-refractivity contribution < 1.29 is 4.79 Å². The summed E-state index contributed by atoms with van der Waals surface area (Å²) in [6.07, 6.45) is 3.69. The van der Waals surface area contributed by atoms with Crippen LogP contribution in [0.25, 0.3) is 0 Å². The summed E-state index contributed by atoms with van der Waals surface area (Å²) in [7, 11) is 0. The zero-order valence-electron chi connectivity index (χ0n) is 12.4. The van der Waals surface area contributed by atoms with E-state index >= 15 is 0 Å². The number of nitrogen functional groups attached to an aromatic ring is 1. The maximum absolute atomic E-state index is 12.3. The van der Waals surface area contributed by atoms with Crippen LogP contribution in [0.5, 0.6) is 0 Å². The van der Waals surface area contributed by atoms with E-state index < -0.39 is 0 Å². The molecule has 1 aliphatic rings. The molecule has 0 bridgehead atoms. The van der Waals surface area contributed by atoms with Gasteiger partial charge in [0.15, 0.2) is 0 Å². The topological polar surface area (TPSA) is 58.4 Å². The number of hydrogen-bond donors (Lipinski definition) is 2. The van der Waals surface area contributed by atoms with E-state index in [4.69, 9.17) is 5.73 Å². The van der Waals surface area contributed by atoms with Crippen LogP contribution < -0.4 is 11.1 Å². The van der Waals surface area contributed by atoms with Crippen molar-refractivity contribution >= 4 is 17.3 Å². The van der Waals surface area contributed by atoms with Gasteiger partial charge in [0, 0.05) is 17.9 Å². The van der Waals surface area contributed by atoms with Gasteiger partial charge >= 0.3 is 0 Å². The van der Waals surface area contributed by atoms with Crippen LogP contribution in [0.2, 0.25) is 0 Å². The van der Waals surface area contributed by atoms with E-state index in [0.717, 1.165) is 31.1 Å². The number of nitrogens with two attached hydrogens (primary N) is 1. The highest BCUT2D eigenvalue weighted by molar-refractivity contribution is 5.94.